The van der Waals surface area contributed by atoms with Gasteiger partial charge < -0.3 is 25.2 Å². The summed E-state index contributed by atoms with van der Waals surface area (Å²) in [7, 11) is 1.41. The van der Waals surface area contributed by atoms with Gasteiger partial charge in [-0.05, 0) is 6.42 Å². The van der Waals surface area contributed by atoms with Gasteiger partial charge in [0.15, 0.2) is 0 Å². The Bertz CT molecular complexity index is 297. The molecule has 0 saturated carbocycles. The fourth-order valence-corrected chi connectivity index (χ4v) is 1.91. The molecule has 0 radical (unpaired) electrons. The smallest absolute Gasteiger partial charge is 0.317 e. The van der Waals surface area contributed by atoms with E-state index in [0.29, 0.717) is 13.1 Å². The van der Waals surface area contributed by atoms with Crippen LogP contribution in [0, 0.1) is 5.92 Å². The van der Waals surface area contributed by atoms with E-state index in [0.717, 1.165) is 6.42 Å². The Balaban J connectivity index is 2.29. The molecule has 104 valence electrons. The molecule has 2 atom stereocenters. The summed E-state index contributed by atoms with van der Waals surface area (Å²) < 4.78 is 4.96. The molecule has 1 heterocycles. The maximum atomic E-state index is 11.7. The molecular weight excluding hydrogens is 240 g/mol. The lowest BCUT2D eigenvalue weighted by Crippen LogP contribution is -2.42. The van der Waals surface area contributed by atoms with E-state index in [4.69, 9.17) is 14.9 Å². The molecule has 1 rings (SSSR count). The Kier molecular flexibility index (Phi) is 5.87. The molecule has 1 fully saturated rings. The van der Waals surface area contributed by atoms with Crippen molar-refractivity contribution in [3.63, 3.8) is 0 Å². The largest absolute Gasteiger partial charge is 0.481 e. The third kappa shape index (κ3) is 4.50. The number of amides is 2. The highest BCUT2D eigenvalue weighted by Gasteiger charge is 2.26. The summed E-state index contributed by atoms with van der Waals surface area (Å²) >= 11 is 0. The maximum absolute atomic E-state index is 11.7. The van der Waals surface area contributed by atoms with Crippen molar-refractivity contribution >= 4 is 12.0 Å². The summed E-state index contributed by atoms with van der Waals surface area (Å²) in [5.41, 5.74) is 0. The van der Waals surface area contributed by atoms with Crippen molar-refractivity contribution in [2.75, 3.05) is 33.4 Å². The number of nitrogens with zero attached hydrogens (tertiary/aromatic N) is 1. The number of urea groups is 1. The van der Waals surface area contributed by atoms with Crippen LogP contribution in [0.4, 0.5) is 4.79 Å². The molecular formula is C11H20N2O5. The summed E-state index contributed by atoms with van der Waals surface area (Å²) in [6.45, 7) is 1.41. The van der Waals surface area contributed by atoms with Crippen molar-refractivity contribution in [3.05, 3.63) is 0 Å². The van der Waals surface area contributed by atoms with Crippen LogP contribution in [0.15, 0.2) is 0 Å². The lowest BCUT2D eigenvalue weighted by atomic mass is 10.1. The van der Waals surface area contributed by atoms with Crippen LogP contribution in [-0.2, 0) is 9.53 Å². The number of carboxylic acids is 1. The molecule has 1 aliphatic rings. The van der Waals surface area contributed by atoms with Crippen molar-refractivity contribution < 1.29 is 24.5 Å². The topological polar surface area (TPSA) is 99.1 Å². The van der Waals surface area contributed by atoms with Gasteiger partial charge in [0.25, 0.3) is 0 Å². The van der Waals surface area contributed by atoms with Crippen LogP contribution in [0.5, 0.6) is 0 Å². The quantitative estimate of drug-likeness (QED) is 0.598. The van der Waals surface area contributed by atoms with Gasteiger partial charge in [0.1, 0.15) is 0 Å². The summed E-state index contributed by atoms with van der Waals surface area (Å²) in [4.78, 5) is 23.9. The van der Waals surface area contributed by atoms with Crippen LogP contribution in [-0.4, -0.2) is 66.6 Å². The standard InChI is InChI=1S/C11H20N2O5/c1-18-9(4-10(15)16)5-12-11(17)13-3-2-8(6-13)7-14/h8-9,14H,2-7H2,1H3,(H,12,17)(H,15,16). The molecule has 0 spiro atoms. The number of rotatable bonds is 6. The third-order valence-corrected chi connectivity index (χ3v) is 3.05. The highest BCUT2D eigenvalue weighted by molar-refractivity contribution is 5.74. The molecule has 1 aliphatic heterocycles. The first-order valence-electron chi connectivity index (χ1n) is 5.95. The number of ether oxygens (including phenoxy) is 1. The third-order valence-electron chi connectivity index (χ3n) is 3.05. The van der Waals surface area contributed by atoms with Gasteiger partial charge in [-0.25, -0.2) is 4.79 Å². The Labute approximate surface area is 106 Å². The molecule has 0 aliphatic carbocycles. The maximum Gasteiger partial charge on any atom is 0.317 e. The van der Waals surface area contributed by atoms with Crippen molar-refractivity contribution in [1.29, 1.82) is 0 Å². The highest BCUT2D eigenvalue weighted by Crippen LogP contribution is 2.15. The molecule has 0 bridgehead atoms. The Morgan fingerprint density at radius 1 is 1.56 bits per heavy atom. The fraction of sp³-hybridized carbons (Fsp3) is 0.818. The van der Waals surface area contributed by atoms with E-state index in [9.17, 15) is 9.59 Å². The number of methoxy groups -OCH3 is 1. The predicted molar refractivity (Wildman–Crippen MR) is 63.2 cm³/mol. The van der Waals surface area contributed by atoms with Gasteiger partial charge in [-0.2, -0.15) is 0 Å². The lowest BCUT2D eigenvalue weighted by Gasteiger charge is -2.19. The number of aliphatic hydroxyl groups is 1. The molecule has 2 amide bonds. The van der Waals surface area contributed by atoms with Gasteiger partial charge in [0.2, 0.25) is 0 Å². The molecule has 0 aromatic rings. The number of aliphatic carboxylic acids is 1. The molecule has 3 N–H and O–H groups in total. The normalized spacial score (nSPS) is 20.8. The number of likely N-dealkylation sites (tertiary alicyclic amines) is 1. The van der Waals surface area contributed by atoms with Gasteiger partial charge in [0.05, 0.1) is 12.5 Å². The molecule has 0 aromatic carbocycles. The van der Waals surface area contributed by atoms with Crippen LogP contribution in [0.1, 0.15) is 12.8 Å². The number of carbonyl (C=O) groups is 2. The highest BCUT2D eigenvalue weighted by atomic mass is 16.5. The van der Waals surface area contributed by atoms with Gasteiger partial charge in [-0.3, -0.25) is 4.79 Å². The van der Waals surface area contributed by atoms with E-state index in [2.05, 4.69) is 5.32 Å². The van der Waals surface area contributed by atoms with Gasteiger partial charge in [-0.15, -0.1) is 0 Å². The zero-order valence-electron chi connectivity index (χ0n) is 10.5. The van der Waals surface area contributed by atoms with Crippen LogP contribution in [0.2, 0.25) is 0 Å². The van der Waals surface area contributed by atoms with E-state index in [1.807, 2.05) is 0 Å². The molecule has 2 unspecified atom stereocenters. The minimum Gasteiger partial charge on any atom is -0.481 e. The van der Waals surface area contributed by atoms with Crippen LogP contribution < -0.4 is 5.32 Å². The first-order valence-corrected chi connectivity index (χ1v) is 5.95. The zero-order chi connectivity index (χ0) is 13.5. The summed E-state index contributed by atoms with van der Waals surface area (Å²) in [6, 6.07) is -0.238. The van der Waals surface area contributed by atoms with Crippen LogP contribution in [0.3, 0.4) is 0 Å². The van der Waals surface area contributed by atoms with Gasteiger partial charge >= 0.3 is 12.0 Å². The molecule has 7 nitrogen and oxygen atoms in total. The number of hydrogen-bond acceptors (Lipinski definition) is 4. The molecule has 18 heavy (non-hydrogen) atoms. The summed E-state index contributed by atoms with van der Waals surface area (Å²) in [5.74, 6) is -0.814. The van der Waals surface area contributed by atoms with Crippen molar-refractivity contribution in [2.45, 2.75) is 18.9 Å². The van der Waals surface area contributed by atoms with E-state index in [1.54, 1.807) is 4.90 Å². The predicted octanol–water partition coefficient (Wildman–Crippen LogP) is -0.500. The van der Waals surface area contributed by atoms with E-state index >= 15 is 0 Å². The van der Waals surface area contributed by atoms with Crippen LogP contribution >= 0.6 is 0 Å². The van der Waals surface area contributed by atoms with Gasteiger partial charge in [-0.1, -0.05) is 0 Å². The molecule has 1 saturated heterocycles. The lowest BCUT2D eigenvalue weighted by molar-refractivity contribution is -0.139. The molecule has 7 heteroatoms. The van der Waals surface area contributed by atoms with Crippen molar-refractivity contribution in [1.82, 2.24) is 10.2 Å². The second-order valence-electron chi connectivity index (χ2n) is 4.42. The van der Waals surface area contributed by atoms with Crippen LogP contribution in [0.25, 0.3) is 0 Å². The number of hydrogen-bond donors (Lipinski definition) is 3. The Hall–Kier alpha value is -1.34. The number of carbonyl (C=O) groups excluding carboxylic acids is 1. The zero-order valence-corrected chi connectivity index (χ0v) is 10.5. The molecule has 0 aromatic heterocycles. The second-order valence-corrected chi connectivity index (χ2v) is 4.42. The Morgan fingerprint density at radius 2 is 2.28 bits per heavy atom. The minimum absolute atomic E-state index is 0.0868. The Morgan fingerprint density at radius 3 is 2.78 bits per heavy atom. The van der Waals surface area contributed by atoms with E-state index < -0.39 is 12.1 Å². The average molecular weight is 260 g/mol. The SMILES string of the molecule is COC(CNC(=O)N1CCC(CO)C1)CC(=O)O. The summed E-state index contributed by atoms with van der Waals surface area (Å²) in [5, 5.41) is 20.2. The van der Waals surface area contributed by atoms with Gasteiger partial charge in [0, 0.05) is 39.3 Å². The average Bonchev–Trinajstić information content (AvgIpc) is 2.82. The fourth-order valence-electron chi connectivity index (χ4n) is 1.91. The first kappa shape index (κ1) is 14.7. The number of nitrogens with one attached hydrogen (secondary N) is 1. The van der Waals surface area contributed by atoms with E-state index in [1.165, 1.54) is 7.11 Å². The van der Waals surface area contributed by atoms with E-state index in [-0.39, 0.29) is 31.5 Å². The van der Waals surface area contributed by atoms with Crippen molar-refractivity contribution in [2.24, 2.45) is 5.92 Å². The first-order chi connectivity index (χ1) is 8.56. The minimum atomic E-state index is -0.961. The summed E-state index contributed by atoms with van der Waals surface area (Å²) in [6.07, 6.45) is 0.130. The number of aliphatic hydroxyl groups excluding tert-OH is 1. The van der Waals surface area contributed by atoms with Crippen molar-refractivity contribution in [3.8, 4) is 0 Å². The second kappa shape index (κ2) is 7.17. The monoisotopic (exact) mass is 260 g/mol. The number of carboxylic acid groups (broad SMARTS) is 1.